The van der Waals surface area contributed by atoms with Crippen LogP contribution in [-0.2, 0) is 9.59 Å². The van der Waals surface area contributed by atoms with Crippen molar-refractivity contribution in [2.75, 3.05) is 20.2 Å². The van der Waals surface area contributed by atoms with Crippen molar-refractivity contribution < 1.29 is 19.2 Å². The number of carbonyl (C=O) groups is 2. The quantitative estimate of drug-likeness (QED) is 0.628. The van der Waals surface area contributed by atoms with Crippen LogP contribution in [0, 0.1) is 17.0 Å². The van der Waals surface area contributed by atoms with Crippen LogP contribution in [0.5, 0.6) is 5.75 Å². The Balaban J connectivity index is 2.55. The fourth-order valence-electron chi connectivity index (χ4n) is 1.94. The zero-order chi connectivity index (χ0) is 18.5. The van der Waals surface area contributed by atoms with Gasteiger partial charge in [0.2, 0.25) is 5.91 Å². The number of carbonyl (C=O) groups excluding carboxylic acids is 2. The third kappa shape index (κ3) is 6.23. The van der Waals surface area contributed by atoms with Gasteiger partial charge in [0.15, 0.2) is 6.61 Å². The van der Waals surface area contributed by atoms with Crippen molar-refractivity contribution in [3.8, 4) is 5.75 Å². The van der Waals surface area contributed by atoms with E-state index in [4.69, 9.17) is 4.74 Å². The van der Waals surface area contributed by atoms with Crippen LogP contribution in [0.4, 0.5) is 5.69 Å². The molecule has 1 aromatic carbocycles. The first-order chi connectivity index (χ1) is 11.0. The summed E-state index contributed by atoms with van der Waals surface area (Å²) >= 11 is 0. The predicted molar refractivity (Wildman–Crippen MR) is 88.9 cm³/mol. The van der Waals surface area contributed by atoms with Gasteiger partial charge in [0.25, 0.3) is 11.6 Å². The summed E-state index contributed by atoms with van der Waals surface area (Å²) in [5.41, 5.74) is 0.0702. The molecule has 0 fully saturated rings. The first kappa shape index (κ1) is 19.4. The lowest BCUT2D eigenvalue weighted by atomic mass is 10.1. The van der Waals surface area contributed by atoms with Gasteiger partial charge in [0.1, 0.15) is 5.75 Å². The highest BCUT2D eigenvalue weighted by atomic mass is 16.6. The molecule has 0 atom stereocenters. The molecule has 1 aromatic rings. The molecule has 1 N–H and O–H groups in total. The fourth-order valence-corrected chi connectivity index (χ4v) is 1.94. The van der Waals surface area contributed by atoms with Gasteiger partial charge >= 0.3 is 0 Å². The number of nitrogens with one attached hydrogen (secondary N) is 1. The van der Waals surface area contributed by atoms with Crippen molar-refractivity contribution in [1.82, 2.24) is 10.2 Å². The second kappa shape index (κ2) is 7.76. The molecule has 8 nitrogen and oxygen atoms in total. The number of hydrogen-bond acceptors (Lipinski definition) is 5. The Kier molecular flexibility index (Phi) is 6.27. The van der Waals surface area contributed by atoms with E-state index in [0.717, 1.165) is 0 Å². The Morgan fingerprint density at radius 1 is 1.33 bits per heavy atom. The van der Waals surface area contributed by atoms with Crippen LogP contribution in [0.15, 0.2) is 18.2 Å². The van der Waals surface area contributed by atoms with Crippen molar-refractivity contribution in [1.29, 1.82) is 0 Å². The number of hydrogen-bond donors (Lipinski definition) is 1. The number of rotatable bonds is 6. The van der Waals surface area contributed by atoms with Crippen molar-refractivity contribution in [3.05, 3.63) is 33.9 Å². The number of benzene rings is 1. The van der Waals surface area contributed by atoms with E-state index in [0.29, 0.717) is 11.3 Å². The van der Waals surface area contributed by atoms with E-state index in [-0.39, 0.29) is 36.2 Å². The van der Waals surface area contributed by atoms with Gasteiger partial charge in [0, 0.05) is 24.2 Å². The van der Waals surface area contributed by atoms with Crippen LogP contribution >= 0.6 is 0 Å². The maximum atomic E-state index is 12.0. The van der Waals surface area contributed by atoms with Crippen molar-refractivity contribution in [2.24, 2.45) is 0 Å². The van der Waals surface area contributed by atoms with Gasteiger partial charge in [0.05, 0.1) is 11.5 Å². The van der Waals surface area contributed by atoms with Crippen LogP contribution in [0.2, 0.25) is 0 Å². The molecule has 0 unspecified atom stereocenters. The number of nitrogens with zero attached hydrogens (tertiary/aromatic N) is 2. The standard InChI is InChI=1S/C16H23N3O5/c1-11-8-12(6-7-13(11)19(22)23)24-10-15(21)18(5)9-14(20)17-16(2,3)4/h6-8H,9-10H2,1-5H3,(H,17,20). The molecule has 0 heterocycles. The zero-order valence-corrected chi connectivity index (χ0v) is 14.6. The van der Waals surface area contributed by atoms with E-state index in [1.807, 2.05) is 20.8 Å². The summed E-state index contributed by atoms with van der Waals surface area (Å²) in [6, 6.07) is 4.26. The molecule has 0 aliphatic carbocycles. The number of likely N-dealkylation sites (N-methyl/N-ethyl adjacent to an activating group) is 1. The topological polar surface area (TPSA) is 102 Å². The van der Waals surface area contributed by atoms with E-state index in [1.165, 1.54) is 30.1 Å². The van der Waals surface area contributed by atoms with Crippen LogP contribution in [0.25, 0.3) is 0 Å². The minimum atomic E-state index is -0.480. The van der Waals surface area contributed by atoms with Crippen molar-refractivity contribution >= 4 is 17.5 Å². The van der Waals surface area contributed by atoms with Crippen molar-refractivity contribution in [2.45, 2.75) is 33.2 Å². The molecule has 0 aliphatic rings. The zero-order valence-electron chi connectivity index (χ0n) is 14.6. The highest BCUT2D eigenvalue weighted by Crippen LogP contribution is 2.22. The smallest absolute Gasteiger partial charge is 0.272 e. The maximum absolute atomic E-state index is 12.0. The molecule has 0 aromatic heterocycles. The summed E-state index contributed by atoms with van der Waals surface area (Å²) in [6.45, 7) is 6.83. The highest BCUT2D eigenvalue weighted by molar-refractivity contribution is 5.85. The minimum Gasteiger partial charge on any atom is -0.484 e. The van der Waals surface area contributed by atoms with E-state index in [9.17, 15) is 19.7 Å². The maximum Gasteiger partial charge on any atom is 0.272 e. The number of aryl methyl sites for hydroxylation is 1. The molecule has 0 saturated carbocycles. The van der Waals surface area contributed by atoms with Gasteiger partial charge in [-0.2, -0.15) is 0 Å². The second-order valence-electron chi connectivity index (χ2n) is 6.54. The summed E-state index contributed by atoms with van der Waals surface area (Å²) in [5, 5.41) is 13.5. The summed E-state index contributed by atoms with van der Waals surface area (Å²) < 4.78 is 5.34. The van der Waals surface area contributed by atoms with E-state index >= 15 is 0 Å². The second-order valence-corrected chi connectivity index (χ2v) is 6.54. The largest absolute Gasteiger partial charge is 0.484 e. The minimum absolute atomic E-state index is 0.00959. The number of ether oxygens (including phenoxy) is 1. The van der Waals surface area contributed by atoms with Gasteiger partial charge in [-0.25, -0.2) is 0 Å². The van der Waals surface area contributed by atoms with E-state index in [2.05, 4.69) is 5.32 Å². The first-order valence-electron chi connectivity index (χ1n) is 7.42. The van der Waals surface area contributed by atoms with E-state index < -0.39 is 4.92 Å². The van der Waals surface area contributed by atoms with Gasteiger partial charge in [-0.3, -0.25) is 19.7 Å². The van der Waals surface area contributed by atoms with Crippen LogP contribution in [0.3, 0.4) is 0 Å². The lowest BCUT2D eigenvalue weighted by Crippen LogP contribution is -2.47. The van der Waals surface area contributed by atoms with Gasteiger partial charge in [-0.15, -0.1) is 0 Å². The Bertz CT molecular complexity index is 637. The fraction of sp³-hybridized carbons (Fsp3) is 0.500. The van der Waals surface area contributed by atoms with Gasteiger partial charge in [-0.1, -0.05) is 0 Å². The summed E-state index contributed by atoms with van der Waals surface area (Å²) in [7, 11) is 1.51. The lowest BCUT2D eigenvalue weighted by molar-refractivity contribution is -0.385. The molecular weight excluding hydrogens is 314 g/mol. The monoisotopic (exact) mass is 337 g/mol. The molecular formula is C16H23N3O5. The Morgan fingerprint density at radius 2 is 1.96 bits per heavy atom. The molecule has 2 amide bonds. The third-order valence-electron chi connectivity index (χ3n) is 3.05. The molecule has 1 rings (SSSR count). The highest BCUT2D eigenvalue weighted by Gasteiger charge is 2.18. The summed E-state index contributed by atoms with van der Waals surface area (Å²) in [4.78, 5) is 35.3. The third-order valence-corrected chi connectivity index (χ3v) is 3.05. The van der Waals surface area contributed by atoms with E-state index in [1.54, 1.807) is 6.92 Å². The van der Waals surface area contributed by atoms with Crippen LogP contribution in [-0.4, -0.2) is 47.4 Å². The summed E-state index contributed by atoms with van der Waals surface area (Å²) in [6.07, 6.45) is 0. The van der Waals surface area contributed by atoms with Gasteiger partial charge in [-0.05, 0) is 39.8 Å². The predicted octanol–water partition coefficient (Wildman–Crippen LogP) is 1.66. The average Bonchev–Trinajstić information content (AvgIpc) is 2.42. The molecule has 24 heavy (non-hydrogen) atoms. The normalized spacial score (nSPS) is 10.9. The molecule has 0 bridgehead atoms. The number of nitro groups is 1. The first-order valence-corrected chi connectivity index (χ1v) is 7.42. The number of amides is 2. The van der Waals surface area contributed by atoms with Crippen LogP contribution in [0.1, 0.15) is 26.3 Å². The molecule has 0 aliphatic heterocycles. The Morgan fingerprint density at radius 3 is 2.46 bits per heavy atom. The SMILES string of the molecule is Cc1cc(OCC(=O)N(C)CC(=O)NC(C)(C)C)ccc1[N+](=O)[O-]. The number of nitro benzene ring substituents is 1. The lowest BCUT2D eigenvalue weighted by Gasteiger charge is -2.23. The Hall–Kier alpha value is -2.64. The molecule has 0 radical (unpaired) electrons. The van der Waals surface area contributed by atoms with Crippen LogP contribution < -0.4 is 10.1 Å². The summed E-state index contributed by atoms with van der Waals surface area (Å²) in [5.74, 6) is -0.265. The molecule has 8 heteroatoms. The van der Waals surface area contributed by atoms with Crippen molar-refractivity contribution in [3.63, 3.8) is 0 Å². The molecule has 0 spiro atoms. The molecule has 0 saturated heterocycles. The Labute approximate surface area is 140 Å². The molecule has 132 valence electrons. The van der Waals surface area contributed by atoms with Gasteiger partial charge < -0.3 is 15.0 Å². The average molecular weight is 337 g/mol.